The van der Waals surface area contributed by atoms with E-state index >= 15 is 0 Å². The molecule has 0 amide bonds. The van der Waals surface area contributed by atoms with Crippen LogP contribution in [0.4, 0.5) is 0 Å². The first-order chi connectivity index (χ1) is 8.04. The van der Waals surface area contributed by atoms with E-state index in [2.05, 4.69) is 37.0 Å². The number of thiophene rings is 1. The van der Waals surface area contributed by atoms with E-state index in [9.17, 15) is 5.11 Å². The highest BCUT2D eigenvalue weighted by molar-refractivity contribution is 7.71. The number of aliphatic hydroxyl groups excluding tert-OH is 1. The van der Waals surface area contributed by atoms with Crippen LogP contribution >= 0.6 is 23.6 Å². The molecule has 0 radical (unpaired) electrons. The molecule has 0 fully saturated rings. The van der Waals surface area contributed by atoms with Gasteiger partial charge in [0.2, 0.25) is 0 Å². The van der Waals surface area contributed by atoms with Crippen molar-refractivity contribution in [1.82, 2.24) is 14.8 Å². The SMILES string of the molecule is Cc1cc(C(C)n2c(CO)n[nH]c2=S)c(C)s1. The first kappa shape index (κ1) is 12.5. The minimum Gasteiger partial charge on any atom is -0.388 e. The van der Waals surface area contributed by atoms with Gasteiger partial charge in [-0.1, -0.05) is 0 Å². The van der Waals surface area contributed by atoms with E-state index in [1.807, 2.05) is 4.57 Å². The average Bonchev–Trinajstić information content (AvgIpc) is 2.80. The molecule has 2 heterocycles. The van der Waals surface area contributed by atoms with E-state index in [4.69, 9.17) is 12.2 Å². The number of aliphatic hydroxyl groups is 1. The minimum absolute atomic E-state index is 0.0911. The zero-order valence-corrected chi connectivity index (χ0v) is 11.7. The van der Waals surface area contributed by atoms with Crippen molar-refractivity contribution in [1.29, 1.82) is 0 Å². The van der Waals surface area contributed by atoms with Gasteiger partial charge in [-0.3, -0.25) is 9.67 Å². The Hall–Kier alpha value is -0.980. The second-order valence-corrected chi connectivity index (χ2v) is 5.86. The number of aryl methyl sites for hydroxylation is 2. The van der Waals surface area contributed by atoms with Gasteiger partial charge in [-0.2, -0.15) is 5.10 Å². The second kappa shape index (κ2) is 4.72. The highest BCUT2D eigenvalue weighted by Gasteiger charge is 2.17. The molecule has 0 bridgehead atoms. The van der Waals surface area contributed by atoms with Crippen molar-refractivity contribution in [3.05, 3.63) is 32.0 Å². The lowest BCUT2D eigenvalue weighted by atomic mass is 10.1. The molecule has 0 aliphatic heterocycles. The Morgan fingerprint density at radius 1 is 1.59 bits per heavy atom. The van der Waals surface area contributed by atoms with Crippen LogP contribution in [0.15, 0.2) is 6.07 Å². The summed E-state index contributed by atoms with van der Waals surface area (Å²) >= 11 is 6.98. The largest absolute Gasteiger partial charge is 0.388 e. The number of H-pyrrole nitrogens is 1. The Bertz CT molecular complexity index is 582. The van der Waals surface area contributed by atoms with Crippen LogP contribution < -0.4 is 0 Å². The van der Waals surface area contributed by atoms with Gasteiger partial charge in [-0.25, -0.2) is 0 Å². The highest BCUT2D eigenvalue weighted by atomic mass is 32.1. The molecule has 0 aliphatic rings. The summed E-state index contributed by atoms with van der Waals surface area (Å²) in [6, 6.07) is 2.26. The number of hydrogen-bond donors (Lipinski definition) is 2. The molecule has 2 aromatic heterocycles. The summed E-state index contributed by atoms with van der Waals surface area (Å²) in [5, 5.41) is 16.0. The van der Waals surface area contributed by atoms with Gasteiger partial charge in [-0.05, 0) is 44.6 Å². The lowest BCUT2D eigenvalue weighted by Crippen LogP contribution is -2.11. The quantitative estimate of drug-likeness (QED) is 0.842. The second-order valence-electron chi connectivity index (χ2n) is 4.02. The molecule has 4 nitrogen and oxygen atoms in total. The fraction of sp³-hybridized carbons (Fsp3) is 0.455. The fourth-order valence-corrected chi connectivity index (χ4v) is 3.38. The highest BCUT2D eigenvalue weighted by Crippen LogP contribution is 2.29. The number of nitrogens with zero attached hydrogens (tertiary/aromatic N) is 2. The topological polar surface area (TPSA) is 53.8 Å². The molecule has 2 rings (SSSR count). The van der Waals surface area contributed by atoms with Crippen molar-refractivity contribution in [2.24, 2.45) is 0 Å². The van der Waals surface area contributed by atoms with Gasteiger partial charge in [0.1, 0.15) is 6.61 Å². The van der Waals surface area contributed by atoms with Gasteiger partial charge < -0.3 is 5.11 Å². The summed E-state index contributed by atoms with van der Waals surface area (Å²) in [4.78, 5) is 2.56. The van der Waals surface area contributed by atoms with Crippen molar-refractivity contribution in [2.45, 2.75) is 33.4 Å². The van der Waals surface area contributed by atoms with Crippen LogP contribution in [0.25, 0.3) is 0 Å². The first-order valence-electron chi connectivity index (χ1n) is 5.38. The Morgan fingerprint density at radius 3 is 2.82 bits per heavy atom. The first-order valence-corrected chi connectivity index (χ1v) is 6.60. The molecule has 2 N–H and O–H groups in total. The van der Waals surface area contributed by atoms with Gasteiger partial charge in [0.05, 0.1) is 6.04 Å². The lowest BCUT2D eigenvalue weighted by Gasteiger charge is -2.14. The van der Waals surface area contributed by atoms with Crippen molar-refractivity contribution >= 4 is 23.6 Å². The third-order valence-electron chi connectivity index (χ3n) is 2.84. The maximum absolute atomic E-state index is 9.26. The smallest absolute Gasteiger partial charge is 0.195 e. The molecule has 0 saturated heterocycles. The van der Waals surface area contributed by atoms with Gasteiger partial charge in [0.15, 0.2) is 10.6 Å². The summed E-state index contributed by atoms with van der Waals surface area (Å²) in [6.07, 6.45) is 0. The van der Waals surface area contributed by atoms with Crippen LogP contribution in [0.3, 0.4) is 0 Å². The molecule has 0 aromatic carbocycles. The number of rotatable bonds is 3. The van der Waals surface area contributed by atoms with Crippen LogP contribution in [0.2, 0.25) is 0 Å². The number of hydrogen-bond acceptors (Lipinski definition) is 4. The van der Waals surface area contributed by atoms with Crippen molar-refractivity contribution in [3.8, 4) is 0 Å². The summed E-state index contributed by atoms with van der Waals surface area (Å²) < 4.78 is 2.41. The maximum atomic E-state index is 9.26. The van der Waals surface area contributed by atoms with Gasteiger partial charge in [-0.15, -0.1) is 11.3 Å². The third-order valence-corrected chi connectivity index (χ3v) is 4.11. The van der Waals surface area contributed by atoms with Crippen molar-refractivity contribution in [3.63, 3.8) is 0 Å². The van der Waals surface area contributed by atoms with Crippen molar-refractivity contribution < 1.29 is 5.11 Å². The number of aromatic amines is 1. The van der Waals surface area contributed by atoms with E-state index in [0.717, 1.165) is 0 Å². The van der Waals surface area contributed by atoms with Crippen LogP contribution in [-0.4, -0.2) is 19.9 Å². The van der Waals surface area contributed by atoms with E-state index < -0.39 is 0 Å². The van der Waals surface area contributed by atoms with Gasteiger partial charge in [0.25, 0.3) is 0 Å². The Morgan fingerprint density at radius 2 is 2.29 bits per heavy atom. The Kier molecular flexibility index (Phi) is 3.46. The standard InChI is InChI=1S/C11H15N3OS2/c1-6-4-9(8(3)17-6)7(2)14-10(5-15)12-13-11(14)16/h4,7,15H,5H2,1-3H3,(H,13,16). The van der Waals surface area contributed by atoms with Gasteiger partial charge in [0, 0.05) is 9.75 Å². The molecule has 92 valence electrons. The van der Waals surface area contributed by atoms with E-state index in [1.165, 1.54) is 15.3 Å². The fourth-order valence-electron chi connectivity index (χ4n) is 2.05. The number of aromatic nitrogens is 3. The summed E-state index contributed by atoms with van der Waals surface area (Å²) in [7, 11) is 0. The zero-order valence-electron chi connectivity index (χ0n) is 10.0. The predicted molar refractivity (Wildman–Crippen MR) is 70.9 cm³/mol. The zero-order chi connectivity index (χ0) is 12.6. The van der Waals surface area contributed by atoms with E-state index in [1.54, 1.807) is 11.3 Å². The molecule has 2 aromatic rings. The molecule has 1 atom stereocenters. The molecular formula is C11H15N3OS2. The number of nitrogens with one attached hydrogen (secondary N) is 1. The third kappa shape index (κ3) is 2.20. The summed E-state index contributed by atoms with van der Waals surface area (Å²) in [5.74, 6) is 0.575. The summed E-state index contributed by atoms with van der Waals surface area (Å²) in [6.45, 7) is 6.15. The van der Waals surface area contributed by atoms with E-state index in [-0.39, 0.29) is 12.6 Å². The Labute approximate surface area is 109 Å². The molecule has 17 heavy (non-hydrogen) atoms. The van der Waals surface area contributed by atoms with Crippen LogP contribution in [-0.2, 0) is 6.61 Å². The van der Waals surface area contributed by atoms with Crippen molar-refractivity contribution in [2.75, 3.05) is 0 Å². The van der Waals surface area contributed by atoms with Crippen LogP contribution in [0.5, 0.6) is 0 Å². The normalized spacial score (nSPS) is 12.9. The van der Waals surface area contributed by atoms with E-state index in [0.29, 0.717) is 10.6 Å². The molecule has 1 unspecified atom stereocenters. The summed E-state index contributed by atoms with van der Waals surface area (Å²) in [5.41, 5.74) is 1.24. The average molecular weight is 269 g/mol. The van der Waals surface area contributed by atoms with Gasteiger partial charge >= 0.3 is 0 Å². The Balaban J connectivity index is 2.50. The molecular weight excluding hydrogens is 254 g/mol. The molecule has 6 heteroatoms. The molecule has 0 spiro atoms. The maximum Gasteiger partial charge on any atom is 0.195 e. The van der Waals surface area contributed by atoms with Crippen LogP contribution in [0, 0.1) is 18.6 Å². The van der Waals surface area contributed by atoms with Crippen LogP contribution in [0.1, 0.15) is 34.1 Å². The predicted octanol–water partition coefficient (Wildman–Crippen LogP) is 2.72. The monoisotopic (exact) mass is 269 g/mol. The minimum atomic E-state index is -0.111. The lowest BCUT2D eigenvalue weighted by molar-refractivity contribution is 0.263. The molecule has 0 saturated carbocycles. The molecule has 0 aliphatic carbocycles.